The third-order valence-electron chi connectivity index (χ3n) is 5.33. The number of hydrogen-bond acceptors (Lipinski definition) is 4. The fourth-order valence-corrected chi connectivity index (χ4v) is 3.77. The summed E-state index contributed by atoms with van der Waals surface area (Å²) in [6.07, 6.45) is 6.47. The van der Waals surface area contributed by atoms with Crippen LogP contribution in [0, 0.1) is 12.8 Å². The maximum atomic E-state index is 4.41. The van der Waals surface area contributed by atoms with Gasteiger partial charge < -0.3 is 15.2 Å². The van der Waals surface area contributed by atoms with Crippen molar-refractivity contribution in [1.82, 2.24) is 30.3 Å². The normalized spacial score (nSPS) is 22.5. The highest BCUT2D eigenvalue weighted by atomic mass is 15.3. The molecule has 0 spiro atoms. The van der Waals surface area contributed by atoms with Crippen molar-refractivity contribution in [2.75, 3.05) is 33.2 Å². The number of hydrogen-bond donors (Lipinski definition) is 2. The zero-order valence-corrected chi connectivity index (χ0v) is 15.5. The second kappa shape index (κ2) is 8.47. The minimum absolute atomic E-state index is 0.505. The van der Waals surface area contributed by atoms with Crippen molar-refractivity contribution in [3.05, 3.63) is 24.3 Å². The highest BCUT2D eigenvalue weighted by Crippen LogP contribution is 2.19. The van der Waals surface area contributed by atoms with Gasteiger partial charge in [0.25, 0.3) is 0 Å². The number of aryl methyl sites for hydroxylation is 2. The maximum Gasteiger partial charge on any atom is 0.191 e. The third kappa shape index (κ3) is 4.60. The van der Waals surface area contributed by atoms with Crippen LogP contribution in [0.1, 0.15) is 30.9 Å². The summed E-state index contributed by atoms with van der Waals surface area (Å²) in [5, 5.41) is 15.5. The number of guanidine groups is 1. The van der Waals surface area contributed by atoms with Crippen molar-refractivity contribution in [3.63, 3.8) is 0 Å². The fourth-order valence-electron chi connectivity index (χ4n) is 3.77. The topological polar surface area (TPSA) is 70.4 Å². The zero-order valence-electron chi connectivity index (χ0n) is 15.5. The molecule has 7 nitrogen and oxygen atoms in total. The molecule has 1 aromatic heterocycles. The smallest absolute Gasteiger partial charge is 0.191 e. The highest BCUT2D eigenvalue weighted by Gasteiger charge is 2.23. The number of nitrogens with zero attached hydrogens (tertiary/aromatic N) is 5. The lowest BCUT2D eigenvalue weighted by Crippen LogP contribution is -2.49. The van der Waals surface area contributed by atoms with Crippen molar-refractivity contribution < 1.29 is 0 Å². The average Bonchev–Trinajstić information content (AvgIpc) is 3.01. The summed E-state index contributed by atoms with van der Waals surface area (Å²) in [6, 6.07) is 0.505. The number of likely N-dealkylation sites (tertiary alicyclic amines) is 1. The van der Waals surface area contributed by atoms with Crippen molar-refractivity contribution in [3.8, 4) is 0 Å². The molecule has 0 amide bonds. The molecule has 0 saturated carbocycles. The summed E-state index contributed by atoms with van der Waals surface area (Å²) in [6.45, 7) is 11.0. The molecule has 1 fully saturated rings. The Bertz CT molecular complexity index is 599. The van der Waals surface area contributed by atoms with Crippen LogP contribution in [0.5, 0.6) is 0 Å². The number of aromatic nitrogens is 3. The predicted molar refractivity (Wildman–Crippen MR) is 101 cm³/mol. The molecule has 1 saturated heterocycles. The van der Waals surface area contributed by atoms with Gasteiger partial charge in [0.15, 0.2) is 5.96 Å². The van der Waals surface area contributed by atoms with Gasteiger partial charge in [-0.05, 0) is 32.1 Å². The Hall–Kier alpha value is -1.89. The van der Waals surface area contributed by atoms with Crippen molar-refractivity contribution in [2.24, 2.45) is 10.9 Å². The maximum absolute atomic E-state index is 4.41. The quantitative estimate of drug-likeness (QED) is 0.473. The first-order valence-electron chi connectivity index (χ1n) is 9.38. The number of rotatable bonds is 5. The molecule has 0 bridgehead atoms. The number of aliphatic imine (C=N–C) groups is 1. The zero-order chi connectivity index (χ0) is 17.6. The van der Waals surface area contributed by atoms with Gasteiger partial charge in [-0.1, -0.05) is 6.08 Å². The molecule has 0 radical (unpaired) electrons. The summed E-state index contributed by atoms with van der Waals surface area (Å²) in [5.41, 5.74) is 0. The first-order valence-corrected chi connectivity index (χ1v) is 9.38. The molecular weight excluding hydrogens is 314 g/mol. The second-order valence-electron chi connectivity index (χ2n) is 7.14. The van der Waals surface area contributed by atoms with E-state index in [9.17, 15) is 0 Å². The van der Waals surface area contributed by atoms with Gasteiger partial charge in [0.2, 0.25) is 0 Å². The molecule has 3 rings (SSSR count). The molecule has 2 aliphatic rings. The van der Waals surface area contributed by atoms with E-state index in [0.29, 0.717) is 12.0 Å². The van der Waals surface area contributed by atoms with Gasteiger partial charge in [-0.25, -0.2) is 0 Å². The van der Waals surface area contributed by atoms with Crippen LogP contribution in [0.15, 0.2) is 17.6 Å². The Morgan fingerprint density at radius 2 is 2.12 bits per heavy atom. The van der Waals surface area contributed by atoms with Crippen molar-refractivity contribution >= 4 is 5.96 Å². The lowest BCUT2D eigenvalue weighted by atomic mass is 9.99. The summed E-state index contributed by atoms with van der Waals surface area (Å²) in [4.78, 5) is 6.85. The van der Waals surface area contributed by atoms with Crippen LogP contribution in [0.2, 0.25) is 0 Å². The first kappa shape index (κ1) is 17.9. The molecular formula is C18H31N7. The molecule has 1 unspecified atom stereocenters. The molecule has 0 aliphatic carbocycles. The van der Waals surface area contributed by atoms with Gasteiger partial charge in [0.05, 0.1) is 0 Å². The Morgan fingerprint density at radius 1 is 1.32 bits per heavy atom. The highest BCUT2D eigenvalue weighted by molar-refractivity contribution is 5.79. The van der Waals surface area contributed by atoms with Gasteiger partial charge in [0, 0.05) is 52.2 Å². The van der Waals surface area contributed by atoms with E-state index in [1.807, 2.05) is 20.0 Å². The molecule has 1 atom stereocenters. The summed E-state index contributed by atoms with van der Waals surface area (Å²) >= 11 is 0. The van der Waals surface area contributed by atoms with E-state index in [0.717, 1.165) is 76.0 Å². The van der Waals surface area contributed by atoms with Crippen LogP contribution in [-0.2, 0) is 13.0 Å². The molecule has 0 aromatic carbocycles. The van der Waals surface area contributed by atoms with Crippen molar-refractivity contribution in [2.45, 2.75) is 45.2 Å². The Morgan fingerprint density at radius 3 is 2.84 bits per heavy atom. The molecule has 25 heavy (non-hydrogen) atoms. The number of nitrogens with one attached hydrogen (secondary N) is 2. The molecule has 7 heteroatoms. The summed E-state index contributed by atoms with van der Waals surface area (Å²) in [7, 11) is 1.85. The van der Waals surface area contributed by atoms with Gasteiger partial charge in [-0.2, -0.15) is 0 Å². The Kier molecular flexibility index (Phi) is 6.07. The number of fused-ring (bicyclic) bond motifs is 1. The van der Waals surface area contributed by atoms with Crippen LogP contribution in [0.4, 0.5) is 0 Å². The van der Waals surface area contributed by atoms with Gasteiger partial charge in [0.1, 0.15) is 11.6 Å². The van der Waals surface area contributed by atoms with Gasteiger partial charge in [-0.3, -0.25) is 9.89 Å². The summed E-state index contributed by atoms with van der Waals surface area (Å²) in [5.74, 6) is 3.67. The van der Waals surface area contributed by atoms with E-state index < -0.39 is 0 Å². The van der Waals surface area contributed by atoms with Crippen LogP contribution in [0.3, 0.4) is 0 Å². The minimum Gasteiger partial charge on any atom is -0.356 e. The van der Waals surface area contributed by atoms with Crippen LogP contribution in [-0.4, -0.2) is 64.9 Å². The molecule has 3 heterocycles. The SMILES string of the molecule is C=CCN1CCC(NC(=NC)NCC2CCc3nnc(C)n3C2)CC1. The first-order chi connectivity index (χ1) is 12.2. The monoisotopic (exact) mass is 345 g/mol. The van der Waals surface area contributed by atoms with E-state index >= 15 is 0 Å². The van der Waals surface area contributed by atoms with Gasteiger partial charge in [-0.15, -0.1) is 16.8 Å². The van der Waals surface area contributed by atoms with E-state index in [-0.39, 0.29) is 0 Å². The molecule has 1 aromatic rings. The fraction of sp³-hybridized carbons (Fsp3) is 0.722. The third-order valence-corrected chi connectivity index (χ3v) is 5.33. The second-order valence-corrected chi connectivity index (χ2v) is 7.14. The Labute approximate surface area is 150 Å². The lowest BCUT2D eigenvalue weighted by Gasteiger charge is -2.32. The lowest BCUT2D eigenvalue weighted by molar-refractivity contribution is 0.225. The molecule has 2 N–H and O–H groups in total. The molecule has 138 valence electrons. The van der Waals surface area contributed by atoms with Crippen LogP contribution < -0.4 is 10.6 Å². The van der Waals surface area contributed by atoms with E-state index in [2.05, 4.69) is 41.9 Å². The van der Waals surface area contributed by atoms with E-state index in [4.69, 9.17) is 0 Å². The molecule has 2 aliphatic heterocycles. The average molecular weight is 345 g/mol. The minimum atomic E-state index is 0.505. The summed E-state index contributed by atoms with van der Waals surface area (Å²) < 4.78 is 2.25. The predicted octanol–water partition coefficient (Wildman–Crippen LogP) is 0.964. The Balaban J connectivity index is 1.43. The van der Waals surface area contributed by atoms with Crippen LogP contribution in [0.25, 0.3) is 0 Å². The van der Waals surface area contributed by atoms with Gasteiger partial charge >= 0.3 is 0 Å². The number of piperidine rings is 1. The van der Waals surface area contributed by atoms with Crippen LogP contribution >= 0.6 is 0 Å². The van der Waals surface area contributed by atoms with E-state index in [1.165, 1.54) is 0 Å². The van der Waals surface area contributed by atoms with E-state index in [1.54, 1.807) is 0 Å². The largest absolute Gasteiger partial charge is 0.356 e. The standard InChI is InChI=1S/C18H31N7/c1-4-9-24-10-7-16(8-11-24)21-18(19-3)20-12-15-5-6-17-23-22-14(2)25(17)13-15/h4,15-16H,1,5-13H2,2-3H3,(H2,19,20,21). The van der Waals surface area contributed by atoms with Crippen molar-refractivity contribution in [1.29, 1.82) is 0 Å².